The molecule has 194 valence electrons. The van der Waals surface area contributed by atoms with Crippen molar-refractivity contribution in [3.63, 3.8) is 0 Å². The lowest BCUT2D eigenvalue weighted by molar-refractivity contribution is 0.489. The standard InChI is InChI=1S/C30H27FN8/c31-22-7-3-6-20(11-22)27-29-24(8-9-34-27)36-30(37-29)28-23-12-25(35-17-26(23)38-39-28)21-10-19(15-33-16-21)14-32-13-18-4-1-2-5-18/h3,6-12,15-18,32H,1-2,4-5,13-14H2,(H,36,37)(H,38,39). The molecule has 1 aliphatic carbocycles. The number of hydrogen-bond donors (Lipinski definition) is 3. The third kappa shape index (κ3) is 4.66. The Hall–Kier alpha value is -4.50. The lowest BCUT2D eigenvalue weighted by Gasteiger charge is -2.11. The lowest BCUT2D eigenvalue weighted by atomic mass is 10.1. The third-order valence-electron chi connectivity index (χ3n) is 7.50. The molecule has 0 saturated heterocycles. The Morgan fingerprint density at radius 3 is 2.74 bits per heavy atom. The van der Waals surface area contributed by atoms with Gasteiger partial charge in [-0.05, 0) is 61.2 Å². The van der Waals surface area contributed by atoms with Gasteiger partial charge in [0, 0.05) is 41.6 Å². The van der Waals surface area contributed by atoms with Crippen LogP contribution in [0.2, 0.25) is 0 Å². The molecule has 1 fully saturated rings. The first-order valence-electron chi connectivity index (χ1n) is 13.3. The average Bonchev–Trinajstić information content (AvgIpc) is 3.72. The van der Waals surface area contributed by atoms with Crippen molar-refractivity contribution in [2.75, 3.05) is 6.54 Å². The van der Waals surface area contributed by atoms with E-state index in [-0.39, 0.29) is 5.82 Å². The number of hydrogen-bond acceptors (Lipinski definition) is 6. The molecule has 1 aromatic carbocycles. The van der Waals surface area contributed by atoms with E-state index >= 15 is 0 Å². The first kappa shape index (κ1) is 23.6. The fraction of sp³-hybridized carbons (Fsp3) is 0.233. The van der Waals surface area contributed by atoms with Crippen LogP contribution in [0.15, 0.2) is 67.3 Å². The zero-order chi connectivity index (χ0) is 26.2. The number of rotatable bonds is 7. The number of imidazole rings is 1. The molecular weight excluding hydrogens is 491 g/mol. The largest absolute Gasteiger partial charge is 0.336 e. The molecule has 6 aromatic rings. The molecule has 0 radical (unpaired) electrons. The van der Waals surface area contributed by atoms with Crippen LogP contribution in [-0.4, -0.2) is 41.7 Å². The first-order chi connectivity index (χ1) is 19.2. The summed E-state index contributed by atoms with van der Waals surface area (Å²) < 4.78 is 13.9. The van der Waals surface area contributed by atoms with Crippen LogP contribution >= 0.6 is 0 Å². The van der Waals surface area contributed by atoms with Gasteiger partial charge in [0.1, 0.15) is 17.0 Å². The van der Waals surface area contributed by atoms with E-state index in [1.165, 1.54) is 37.8 Å². The Morgan fingerprint density at radius 1 is 0.923 bits per heavy atom. The Labute approximate surface area is 224 Å². The Balaban J connectivity index is 1.20. The summed E-state index contributed by atoms with van der Waals surface area (Å²) in [7, 11) is 0. The summed E-state index contributed by atoms with van der Waals surface area (Å²) in [6, 6.07) is 12.4. The predicted molar refractivity (Wildman–Crippen MR) is 149 cm³/mol. The molecule has 5 heterocycles. The number of benzene rings is 1. The minimum atomic E-state index is -0.316. The van der Waals surface area contributed by atoms with Crippen LogP contribution in [0.5, 0.6) is 0 Å². The molecule has 0 amide bonds. The maximum atomic E-state index is 13.9. The molecule has 9 heteroatoms. The zero-order valence-electron chi connectivity index (χ0n) is 21.3. The van der Waals surface area contributed by atoms with E-state index in [0.29, 0.717) is 28.3 Å². The summed E-state index contributed by atoms with van der Waals surface area (Å²) in [6.07, 6.45) is 12.6. The SMILES string of the molecule is Fc1cccc(-c2nccc3[nH]c(-c4n[nH]c5cnc(-c6cncc(CNCC7CCCC7)c6)cc45)nc23)c1. The molecular formula is C30H27FN8. The van der Waals surface area contributed by atoms with Crippen LogP contribution in [-0.2, 0) is 6.54 Å². The molecule has 0 aliphatic heterocycles. The van der Waals surface area contributed by atoms with Gasteiger partial charge >= 0.3 is 0 Å². The van der Waals surface area contributed by atoms with Crippen LogP contribution in [0.1, 0.15) is 31.2 Å². The van der Waals surface area contributed by atoms with Gasteiger partial charge in [-0.15, -0.1) is 0 Å². The average molecular weight is 519 g/mol. The predicted octanol–water partition coefficient (Wildman–Crippen LogP) is 6.04. The smallest absolute Gasteiger partial charge is 0.159 e. The van der Waals surface area contributed by atoms with Crippen molar-refractivity contribution in [1.29, 1.82) is 0 Å². The highest BCUT2D eigenvalue weighted by Gasteiger charge is 2.18. The number of H-pyrrole nitrogens is 2. The minimum Gasteiger partial charge on any atom is -0.336 e. The molecule has 1 saturated carbocycles. The van der Waals surface area contributed by atoms with Crippen molar-refractivity contribution in [2.24, 2.45) is 5.92 Å². The van der Waals surface area contributed by atoms with Gasteiger partial charge in [-0.25, -0.2) is 9.37 Å². The Kier molecular flexibility index (Phi) is 6.05. The highest BCUT2D eigenvalue weighted by molar-refractivity contribution is 5.96. The quantitative estimate of drug-likeness (QED) is 0.238. The van der Waals surface area contributed by atoms with Gasteiger partial charge in [-0.2, -0.15) is 5.10 Å². The monoisotopic (exact) mass is 518 g/mol. The second kappa shape index (κ2) is 9.99. The normalized spacial score (nSPS) is 14.1. The van der Waals surface area contributed by atoms with Gasteiger partial charge in [0.25, 0.3) is 0 Å². The van der Waals surface area contributed by atoms with E-state index in [0.717, 1.165) is 52.2 Å². The Morgan fingerprint density at radius 2 is 1.85 bits per heavy atom. The molecule has 5 aromatic heterocycles. The lowest BCUT2D eigenvalue weighted by Crippen LogP contribution is -2.20. The fourth-order valence-corrected chi connectivity index (χ4v) is 5.51. The second-order valence-corrected chi connectivity index (χ2v) is 10.2. The summed E-state index contributed by atoms with van der Waals surface area (Å²) in [5.74, 6) is 1.08. The summed E-state index contributed by atoms with van der Waals surface area (Å²) in [4.78, 5) is 21.8. The number of fused-ring (bicyclic) bond motifs is 2. The topological polar surface area (TPSA) is 108 Å². The third-order valence-corrected chi connectivity index (χ3v) is 7.50. The van der Waals surface area contributed by atoms with E-state index in [1.54, 1.807) is 18.5 Å². The summed E-state index contributed by atoms with van der Waals surface area (Å²) in [5, 5.41) is 12.1. The van der Waals surface area contributed by atoms with Crippen LogP contribution in [0.25, 0.3) is 56.0 Å². The van der Waals surface area contributed by atoms with E-state index < -0.39 is 0 Å². The summed E-state index contributed by atoms with van der Waals surface area (Å²) in [6.45, 7) is 1.85. The maximum absolute atomic E-state index is 13.9. The van der Waals surface area contributed by atoms with Crippen molar-refractivity contribution < 1.29 is 4.39 Å². The van der Waals surface area contributed by atoms with Crippen molar-refractivity contribution in [3.05, 3.63) is 78.6 Å². The van der Waals surface area contributed by atoms with Crippen LogP contribution < -0.4 is 5.32 Å². The van der Waals surface area contributed by atoms with Gasteiger partial charge in [-0.3, -0.25) is 20.1 Å². The molecule has 0 bridgehead atoms. The van der Waals surface area contributed by atoms with Crippen molar-refractivity contribution >= 4 is 21.9 Å². The summed E-state index contributed by atoms with van der Waals surface area (Å²) >= 11 is 0. The zero-order valence-corrected chi connectivity index (χ0v) is 21.3. The molecule has 7 rings (SSSR count). The van der Waals surface area contributed by atoms with Crippen LogP contribution in [0, 0.1) is 11.7 Å². The number of pyridine rings is 3. The molecule has 8 nitrogen and oxygen atoms in total. The fourth-order valence-electron chi connectivity index (χ4n) is 5.51. The van der Waals surface area contributed by atoms with Gasteiger partial charge < -0.3 is 10.3 Å². The number of nitrogens with zero attached hydrogens (tertiary/aromatic N) is 5. The van der Waals surface area contributed by atoms with E-state index in [9.17, 15) is 4.39 Å². The van der Waals surface area contributed by atoms with Gasteiger partial charge in [0.2, 0.25) is 0 Å². The van der Waals surface area contributed by atoms with Crippen molar-refractivity contribution in [3.8, 4) is 34.0 Å². The summed E-state index contributed by atoms with van der Waals surface area (Å²) in [5.41, 5.74) is 7.12. The number of nitrogens with one attached hydrogen (secondary N) is 3. The number of aromatic nitrogens is 7. The molecule has 1 aliphatic rings. The maximum Gasteiger partial charge on any atom is 0.159 e. The van der Waals surface area contributed by atoms with Gasteiger partial charge in [0.05, 0.1) is 28.6 Å². The van der Waals surface area contributed by atoms with Crippen molar-refractivity contribution in [1.82, 2.24) is 40.4 Å². The number of aromatic amines is 2. The highest BCUT2D eigenvalue weighted by atomic mass is 19.1. The minimum absolute atomic E-state index is 0.316. The van der Waals surface area contributed by atoms with E-state index in [1.807, 2.05) is 30.6 Å². The molecule has 0 atom stereocenters. The molecule has 39 heavy (non-hydrogen) atoms. The van der Waals surface area contributed by atoms with Crippen LogP contribution in [0.3, 0.4) is 0 Å². The van der Waals surface area contributed by atoms with Crippen LogP contribution in [0.4, 0.5) is 4.39 Å². The number of halogens is 1. The first-order valence-corrected chi connectivity index (χ1v) is 13.3. The van der Waals surface area contributed by atoms with E-state index in [4.69, 9.17) is 4.98 Å². The van der Waals surface area contributed by atoms with E-state index in [2.05, 4.69) is 41.5 Å². The molecule has 0 unspecified atom stereocenters. The van der Waals surface area contributed by atoms with Gasteiger partial charge in [0.15, 0.2) is 5.82 Å². The highest BCUT2D eigenvalue weighted by Crippen LogP contribution is 2.32. The van der Waals surface area contributed by atoms with Gasteiger partial charge in [-0.1, -0.05) is 25.0 Å². The molecule has 0 spiro atoms. The second-order valence-electron chi connectivity index (χ2n) is 10.2. The Bertz CT molecular complexity index is 1780. The molecule has 3 N–H and O–H groups in total. The van der Waals surface area contributed by atoms with Crippen molar-refractivity contribution in [2.45, 2.75) is 32.2 Å².